The second-order valence-corrected chi connectivity index (χ2v) is 6.45. The number of nitrogens with zero attached hydrogens (tertiary/aromatic N) is 4. The number of carbonyl (C=O) groups is 1. The Kier molecular flexibility index (Phi) is 5.87. The van der Waals surface area contributed by atoms with Crippen molar-refractivity contribution in [3.05, 3.63) is 47.8 Å². The minimum absolute atomic E-state index is 0.0355. The maximum Gasteiger partial charge on any atom is 0.252 e. The number of fused-ring (bicyclic) bond motifs is 1. The summed E-state index contributed by atoms with van der Waals surface area (Å²) in [7, 11) is 0. The van der Waals surface area contributed by atoms with E-state index < -0.39 is 0 Å². The molecular weight excluding hydrogens is 344 g/mol. The topological polar surface area (TPSA) is 113 Å². The zero-order valence-electron chi connectivity index (χ0n) is 15.3. The molecule has 8 heteroatoms. The number of pyridine rings is 2. The molecule has 0 aliphatic rings. The summed E-state index contributed by atoms with van der Waals surface area (Å²) in [6.45, 7) is 4.63. The highest BCUT2D eigenvalue weighted by molar-refractivity contribution is 5.96. The van der Waals surface area contributed by atoms with Crippen LogP contribution in [0.15, 0.2) is 36.7 Å². The molecule has 0 fully saturated rings. The maximum atomic E-state index is 12.1. The van der Waals surface area contributed by atoms with Crippen LogP contribution in [0.25, 0.3) is 11.0 Å². The van der Waals surface area contributed by atoms with Crippen molar-refractivity contribution in [3.63, 3.8) is 0 Å². The lowest BCUT2D eigenvalue weighted by molar-refractivity contribution is 0.0951. The van der Waals surface area contributed by atoms with E-state index in [4.69, 9.17) is 5.11 Å². The molecule has 0 aromatic carbocycles. The molecule has 0 unspecified atom stereocenters. The molecule has 3 N–H and O–H groups in total. The summed E-state index contributed by atoms with van der Waals surface area (Å²) in [6, 6.07) is 7.27. The van der Waals surface area contributed by atoms with Gasteiger partial charge < -0.3 is 15.7 Å². The molecule has 0 saturated heterocycles. The predicted octanol–water partition coefficient (Wildman–Crippen LogP) is 2.40. The average molecular weight is 366 g/mol. The fraction of sp³-hybridized carbons (Fsp3) is 0.316. The summed E-state index contributed by atoms with van der Waals surface area (Å²) in [5, 5.41) is 22.8. The largest absolute Gasteiger partial charge is 0.396 e. The van der Waals surface area contributed by atoms with E-state index >= 15 is 0 Å². The first-order chi connectivity index (χ1) is 13.1. The van der Waals surface area contributed by atoms with Crippen molar-refractivity contribution in [1.82, 2.24) is 25.5 Å². The van der Waals surface area contributed by atoms with Gasteiger partial charge in [-0.05, 0) is 42.2 Å². The van der Waals surface area contributed by atoms with Crippen LogP contribution in [0.5, 0.6) is 0 Å². The lowest BCUT2D eigenvalue weighted by atomic mass is 10.1. The van der Waals surface area contributed by atoms with E-state index in [1.54, 1.807) is 18.3 Å². The van der Waals surface area contributed by atoms with Gasteiger partial charge in [0.2, 0.25) is 0 Å². The Morgan fingerprint density at radius 3 is 2.78 bits per heavy atom. The second-order valence-electron chi connectivity index (χ2n) is 6.45. The van der Waals surface area contributed by atoms with E-state index in [2.05, 4.69) is 44.6 Å². The number of hydrogen-bond donors (Lipinski definition) is 3. The highest BCUT2D eigenvalue weighted by Gasteiger charge is 2.09. The SMILES string of the molecule is CC(C)c1cnnc(Nc2ccc3ncc(C(=O)NCCCO)cc3n2)c1. The predicted molar refractivity (Wildman–Crippen MR) is 103 cm³/mol. The Balaban J connectivity index is 1.81. The molecular formula is C19H22N6O2. The average Bonchev–Trinajstić information content (AvgIpc) is 2.67. The lowest BCUT2D eigenvalue weighted by Crippen LogP contribution is -2.25. The van der Waals surface area contributed by atoms with Crippen LogP contribution in [-0.2, 0) is 0 Å². The number of aliphatic hydroxyl groups excluding tert-OH is 1. The molecule has 0 saturated carbocycles. The Morgan fingerprint density at radius 1 is 1.15 bits per heavy atom. The third-order valence-corrected chi connectivity index (χ3v) is 4.02. The Morgan fingerprint density at radius 2 is 2.00 bits per heavy atom. The van der Waals surface area contributed by atoms with Crippen molar-refractivity contribution in [2.24, 2.45) is 0 Å². The summed E-state index contributed by atoms with van der Waals surface area (Å²) < 4.78 is 0. The summed E-state index contributed by atoms with van der Waals surface area (Å²) in [5.41, 5.74) is 2.79. The molecule has 0 radical (unpaired) electrons. The normalized spacial score (nSPS) is 11.0. The molecule has 140 valence electrons. The van der Waals surface area contributed by atoms with Gasteiger partial charge in [0.05, 0.1) is 22.8 Å². The summed E-state index contributed by atoms with van der Waals surface area (Å²) >= 11 is 0. The van der Waals surface area contributed by atoms with Crippen LogP contribution in [0.4, 0.5) is 11.6 Å². The molecule has 1 amide bonds. The molecule has 0 aliphatic heterocycles. The number of rotatable bonds is 7. The van der Waals surface area contributed by atoms with Crippen molar-refractivity contribution in [2.45, 2.75) is 26.2 Å². The van der Waals surface area contributed by atoms with Crippen LogP contribution in [0.3, 0.4) is 0 Å². The van der Waals surface area contributed by atoms with Crippen LogP contribution >= 0.6 is 0 Å². The van der Waals surface area contributed by atoms with Crippen molar-refractivity contribution < 1.29 is 9.90 Å². The minimum Gasteiger partial charge on any atom is -0.396 e. The molecule has 3 aromatic heterocycles. The third-order valence-electron chi connectivity index (χ3n) is 4.02. The molecule has 3 rings (SSSR count). The smallest absolute Gasteiger partial charge is 0.252 e. The van der Waals surface area contributed by atoms with E-state index in [-0.39, 0.29) is 12.5 Å². The van der Waals surface area contributed by atoms with Crippen LogP contribution in [0, 0.1) is 0 Å². The maximum absolute atomic E-state index is 12.1. The van der Waals surface area contributed by atoms with Gasteiger partial charge in [-0.25, -0.2) is 4.98 Å². The molecule has 3 heterocycles. The monoisotopic (exact) mass is 366 g/mol. The molecule has 0 spiro atoms. The van der Waals surface area contributed by atoms with Gasteiger partial charge in [0, 0.05) is 19.3 Å². The number of aromatic nitrogens is 4. The van der Waals surface area contributed by atoms with E-state index in [1.165, 1.54) is 6.20 Å². The fourth-order valence-electron chi connectivity index (χ4n) is 2.47. The summed E-state index contributed by atoms with van der Waals surface area (Å²) in [5.74, 6) is 1.31. The Hall–Kier alpha value is -3.13. The van der Waals surface area contributed by atoms with Crippen LogP contribution in [-0.4, -0.2) is 44.3 Å². The highest BCUT2D eigenvalue weighted by atomic mass is 16.3. The zero-order chi connectivity index (χ0) is 19.2. The standard InChI is InChI=1S/C19H22N6O2/c1-12(2)13-9-18(25-22-11-13)24-17-5-4-15-16(23-17)8-14(10-21-15)19(27)20-6-3-7-26/h4-5,8-12,26H,3,6-7H2,1-2H3,(H,20,27)(H,23,24,25). The Labute approximate surface area is 157 Å². The highest BCUT2D eigenvalue weighted by Crippen LogP contribution is 2.20. The summed E-state index contributed by atoms with van der Waals surface area (Å²) in [4.78, 5) is 21.0. The number of anilines is 2. The number of hydrogen-bond acceptors (Lipinski definition) is 7. The van der Waals surface area contributed by atoms with Crippen molar-refractivity contribution in [1.29, 1.82) is 0 Å². The van der Waals surface area contributed by atoms with E-state index in [9.17, 15) is 4.79 Å². The van der Waals surface area contributed by atoms with Gasteiger partial charge in [0.25, 0.3) is 5.91 Å². The van der Waals surface area contributed by atoms with Crippen LogP contribution < -0.4 is 10.6 Å². The van der Waals surface area contributed by atoms with Crippen LogP contribution in [0.1, 0.15) is 42.1 Å². The number of carbonyl (C=O) groups excluding carboxylic acids is 1. The first-order valence-electron chi connectivity index (χ1n) is 8.82. The summed E-state index contributed by atoms with van der Waals surface area (Å²) in [6.07, 6.45) is 3.77. The number of aliphatic hydroxyl groups is 1. The van der Waals surface area contributed by atoms with E-state index in [1.807, 2.05) is 12.1 Å². The Bertz CT molecular complexity index is 944. The van der Waals surface area contributed by atoms with Crippen molar-refractivity contribution >= 4 is 28.6 Å². The van der Waals surface area contributed by atoms with Gasteiger partial charge in [0.1, 0.15) is 5.82 Å². The van der Waals surface area contributed by atoms with Gasteiger partial charge in [0.15, 0.2) is 5.82 Å². The number of amides is 1. The first-order valence-corrected chi connectivity index (χ1v) is 8.82. The molecule has 0 atom stereocenters. The third kappa shape index (κ3) is 4.73. The number of nitrogens with one attached hydrogen (secondary N) is 2. The molecule has 27 heavy (non-hydrogen) atoms. The van der Waals surface area contributed by atoms with Gasteiger partial charge in [-0.1, -0.05) is 13.8 Å². The van der Waals surface area contributed by atoms with E-state index in [0.29, 0.717) is 47.1 Å². The minimum atomic E-state index is -0.242. The first kappa shape index (κ1) is 18.7. The van der Waals surface area contributed by atoms with Gasteiger partial charge >= 0.3 is 0 Å². The molecule has 8 nitrogen and oxygen atoms in total. The molecule has 0 aliphatic carbocycles. The van der Waals surface area contributed by atoms with Crippen molar-refractivity contribution in [3.8, 4) is 0 Å². The fourth-order valence-corrected chi connectivity index (χ4v) is 2.47. The zero-order valence-corrected chi connectivity index (χ0v) is 15.3. The van der Waals surface area contributed by atoms with Crippen molar-refractivity contribution in [2.75, 3.05) is 18.5 Å². The molecule has 3 aromatic rings. The van der Waals surface area contributed by atoms with Gasteiger partial charge in [-0.15, -0.1) is 5.10 Å². The lowest BCUT2D eigenvalue weighted by Gasteiger charge is -2.09. The molecule has 0 bridgehead atoms. The van der Waals surface area contributed by atoms with Gasteiger partial charge in [-0.2, -0.15) is 5.10 Å². The quantitative estimate of drug-likeness (QED) is 0.550. The second kappa shape index (κ2) is 8.50. The van der Waals surface area contributed by atoms with Crippen LogP contribution in [0.2, 0.25) is 0 Å². The van der Waals surface area contributed by atoms with Gasteiger partial charge in [-0.3, -0.25) is 9.78 Å². The van der Waals surface area contributed by atoms with E-state index in [0.717, 1.165) is 5.56 Å².